The number of carbonyl (C=O) groups is 4. The molecule has 0 saturated heterocycles. The highest BCUT2D eigenvalue weighted by Crippen LogP contribution is 2.27. The Morgan fingerprint density at radius 2 is 1.84 bits per heavy atom. The van der Waals surface area contributed by atoms with Crippen LogP contribution in [-0.2, 0) is 23.9 Å². The van der Waals surface area contributed by atoms with E-state index in [0.717, 1.165) is 12.8 Å². The van der Waals surface area contributed by atoms with Crippen LogP contribution in [0.2, 0.25) is 0 Å². The van der Waals surface area contributed by atoms with Crippen LogP contribution in [0.5, 0.6) is 0 Å². The Bertz CT molecular complexity index is 986. The lowest BCUT2D eigenvalue weighted by Gasteiger charge is -2.35. The number of hydrogen-bond acceptors (Lipinski definition) is 7. The average Bonchev–Trinajstić information content (AvgIpc) is 2.87. The number of rotatable bonds is 14. The maximum Gasteiger partial charge on any atom is 0.408 e. The molecule has 0 radical (unpaired) electrons. The number of alkyl carbamates (subject to hydrolysis) is 1. The van der Waals surface area contributed by atoms with Crippen LogP contribution in [0.25, 0.3) is 0 Å². The van der Waals surface area contributed by atoms with Gasteiger partial charge in [0.1, 0.15) is 24.2 Å². The first-order valence-corrected chi connectivity index (χ1v) is 14.1. The highest BCUT2D eigenvalue weighted by molar-refractivity contribution is 7.98. The van der Waals surface area contributed by atoms with Gasteiger partial charge in [0.15, 0.2) is 0 Å². The van der Waals surface area contributed by atoms with Gasteiger partial charge >= 0.3 is 12.1 Å². The number of nitrogens with zero attached hydrogens (tertiary/aromatic N) is 1. The van der Waals surface area contributed by atoms with Crippen LogP contribution < -0.4 is 10.6 Å². The summed E-state index contributed by atoms with van der Waals surface area (Å²) in [5.74, 6) is 1.53. The van der Waals surface area contributed by atoms with Crippen LogP contribution in [0.4, 0.5) is 4.79 Å². The van der Waals surface area contributed by atoms with Crippen LogP contribution in [0.1, 0.15) is 70.5 Å². The number of nitrogens with one attached hydrogen (secondary N) is 2. The van der Waals surface area contributed by atoms with E-state index >= 15 is 0 Å². The van der Waals surface area contributed by atoms with Gasteiger partial charge in [0.05, 0.1) is 7.11 Å². The second-order valence-corrected chi connectivity index (χ2v) is 10.6. The summed E-state index contributed by atoms with van der Waals surface area (Å²) in [4.78, 5) is 53.5. The van der Waals surface area contributed by atoms with Crippen LogP contribution >= 0.6 is 11.8 Å². The number of hydrogen-bond donors (Lipinski definition) is 2. The van der Waals surface area contributed by atoms with E-state index in [-0.39, 0.29) is 13.1 Å². The summed E-state index contributed by atoms with van der Waals surface area (Å²) in [6.07, 6.45) is 9.61. The second kappa shape index (κ2) is 16.6. The first-order chi connectivity index (χ1) is 18.0. The number of amides is 3. The van der Waals surface area contributed by atoms with Crippen molar-refractivity contribution in [3.8, 4) is 12.3 Å². The summed E-state index contributed by atoms with van der Waals surface area (Å²) in [7, 11) is 1.22. The zero-order valence-electron chi connectivity index (χ0n) is 23.3. The van der Waals surface area contributed by atoms with Gasteiger partial charge in [-0.25, -0.2) is 4.79 Å². The Morgan fingerprint density at radius 1 is 1.16 bits per heavy atom. The van der Waals surface area contributed by atoms with Gasteiger partial charge in [0.25, 0.3) is 0 Å². The van der Waals surface area contributed by atoms with Crippen molar-refractivity contribution in [3.05, 3.63) is 35.4 Å². The molecule has 0 bridgehead atoms. The Morgan fingerprint density at radius 3 is 2.42 bits per heavy atom. The van der Waals surface area contributed by atoms with Crippen LogP contribution in [0.15, 0.2) is 24.3 Å². The van der Waals surface area contributed by atoms with Crippen LogP contribution in [-0.4, -0.2) is 72.6 Å². The monoisotopic (exact) mass is 547 g/mol. The highest BCUT2D eigenvalue weighted by atomic mass is 32.2. The largest absolute Gasteiger partial charge is 0.468 e. The Labute approximate surface area is 230 Å². The Balaban J connectivity index is 3.54. The van der Waals surface area contributed by atoms with E-state index in [4.69, 9.17) is 11.2 Å². The summed E-state index contributed by atoms with van der Waals surface area (Å²) in [6.45, 7) is 7.12. The standard InChI is InChI=1S/C28H41N3O6S/c1-8-10-13-17-31(26(34)22(16-18-38-7)30-27(35)37-28(3,4)5)24(25(33)29-19-23(32)36-6)21-15-12-11-14-20(21)9-2/h2,11-12,14-15,22,24H,8,10,13,16-19H2,1,3-7H3,(H,29,33)(H,30,35). The lowest BCUT2D eigenvalue weighted by atomic mass is 9.97. The van der Waals surface area contributed by atoms with E-state index < -0.39 is 41.6 Å². The zero-order valence-corrected chi connectivity index (χ0v) is 24.1. The highest BCUT2D eigenvalue weighted by Gasteiger charge is 2.37. The summed E-state index contributed by atoms with van der Waals surface area (Å²) in [6, 6.07) is 4.79. The van der Waals surface area contributed by atoms with Crippen molar-refractivity contribution < 1.29 is 28.7 Å². The van der Waals surface area contributed by atoms with Crippen molar-refractivity contribution in [2.24, 2.45) is 0 Å². The molecule has 0 heterocycles. The fourth-order valence-corrected chi connectivity index (χ4v) is 4.16. The lowest BCUT2D eigenvalue weighted by molar-refractivity contribution is -0.144. The van der Waals surface area contributed by atoms with Gasteiger partial charge in [0.2, 0.25) is 11.8 Å². The van der Waals surface area contributed by atoms with E-state index in [1.54, 1.807) is 45.0 Å². The first-order valence-electron chi connectivity index (χ1n) is 12.7. The minimum atomic E-state index is -1.13. The van der Waals surface area contributed by atoms with Crippen molar-refractivity contribution >= 4 is 35.6 Å². The minimum Gasteiger partial charge on any atom is -0.468 e. The number of unbranched alkanes of at least 4 members (excludes halogenated alkanes) is 2. The molecule has 0 fully saturated rings. The molecular weight excluding hydrogens is 506 g/mol. The number of terminal acetylenes is 1. The molecule has 38 heavy (non-hydrogen) atoms. The summed E-state index contributed by atoms with van der Waals surface area (Å²) < 4.78 is 10.1. The molecule has 0 spiro atoms. The van der Waals surface area contributed by atoms with Gasteiger partial charge in [-0.1, -0.05) is 43.9 Å². The third-order valence-electron chi connectivity index (χ3n) is 5.49. The summed E-state index contributed by atoms with van der Waals surface area (Å²) >= 11 is 1.53. The predicted octanol–water partition coefficient (Wildman–Crippen LogP) is 3.66. The molecule has 210 valence electrons. The van der Waals surface area contributed by atoms with Crippen molar-refractivity contribution in [3.63, 3.8) is 0 Å². The Hall–Kier alpha value is -3.19. The van der Waals surface area contributed by atoms with E-state index in [0.29, 0.717) is 29.7 Å². The second-order valence-electron chi connectivity index (χ2n) is 9.65. The third kappa shape index (κ3) is 11.1. The molecule has 1 rings (SSSR count). The third-order valence-corrected chi connectivity index (χ3v) is 6.13. The van der Waals surface area contributed by atoms with Crippen molar-refractivity contribution in [2.45, 2.75) is 71.1 Å². The van der Waals surface area contributed by atoms with Crippen LogP contribution in [0.3, 0.4) is 0 Å². The van der Waals surface area contributed by atoms with Gasteiger partial charge < -0.3 is 25.0 Å². The molecule has 0 aliphatic carbocycles. The first kappa shape index (κ1) is 32.8. The molecule has 0 aliphatic rings. The average molecular weight is 548 g/mol. The summed E-state index contributed by atoms with van der Waals surface area (Å²) in [5, 5.41) is 5.27. The van der Waals surface area contributed by atoms with E-state index in [1.807, 2.05) is 13.2 Å². The van der Waals surface area contributed by atoms with E-state index in [1.165, 1.54) is 23.8 Å². The normalized spacial score (nSPS) is 12.4. The fourth-order valence-electron chi connectivity index (χ4n) is 3.69. The number of ether oxygens (including phenoxy) is 2. The molecule has 0 aromatic heterocycles. The molecule has 10 heteroatoms. The molecule has 0 saturated carbocycles. The number of carbonyl (C=O) groups excluding carboxylic acids is 4. The van der Waals surface area contributed by atoms with E-state index in [2.05, 4.69) is 21.3 Å². The molecule has 2 unspecified atom stereocenters. The van der Waals surface area contributed by atoms with Gasteiger partial charge in [-0.15, -0.1) is 6.42 Å². The fraction of sp³-hybridized carbons (Fsp3) is 0.571. The zero-order chi connectivity index (χ0) is 28.7. The molecule has 0 aliphatic heterocycles. The maximum atomic E-state index is 14.1. The molecule has 2 N–H and O–H groups in total. The molecule has 9 nitrogen and oxygen atoms in total. The number of thioether (sulfide) groups is 1. The number of methoxy groups -OCH3 is 1. The molecule has 1 aromatic rings. The Kier molecular flexibility index (Phi) is 14.4. The minimum absolute atomic E-state index is 0.244. The van der Waals surface area contributed by atoms with Gasteiger partial charge in [-0.05, 0) is 57.3 Å². The smallest absolute Gasteiger partial charge is 0.408 e. The maximum absolute atomic E-state index is 14.1. The SMILES string of the molecule is C#Cc1ccccc1C(C(=O)NCC(=O)OC)N(CCCCC)C(=O)C(CCSC)NC(=O)OC(C)(C)C. The quantitative estimate of drug-likeness (QED) is 0.208. The topological polar surface area (TPSA) is 114 Å². The lowest BCUT2D eigenvalue weighted by Crippen LogP contribution is -2.53. The molecule has 2 atom stereocenters. The van der Waals surface area contributed by atoms with Gasteiger partial charge in [0, 0.05) is 12.1 Å². The number of benzene rings is 1. The van der Waals surface area contributed by atoms with Crippen LogP contribution in [0, 0.1) is 12.3 Å². The van der Waals surface area contributed by atoms with E-state index in [9.17, 15) is 19.2 Å². The van der Waals surface area contributed by atoms with Crippen molar-refractivity contribution in [1.82, 2.24) is 15.5 Å². The molecule has 3 amide bonds. The molecule has 1 aromatic carbocycles. The van der Waals surface area contributed by atoms with Gasteiger partial charge in [-0.3, -0.25) is 14.4 Å². The predicted molar refractivity (Wildman–Crippen MR) is 150 cm³/mol. The molecular formula is C28H41N3O6S. The van der Waals surface area contributed by atoms with Crippen molar-refractivity contribution in [1.29, 1.82) is 0 Å². The van der Waals surface area contributed by atoms with Gasteiger partial charge in [-0.2, -0.15) is 11.8 Å². The number of esters is 1. The van der Waals surface area contributed by atoms with Crippen molar-refractivity contribution in [2.75, 3.05) is 32.2 Å². The summed E-state index contributed by atoms with van der Waals surface area (Å²) in [5.41, 5.74) is 0.142.